The Kier molecular flexibility index (Phi) is 3.36. The van der Waals surface area contributed by atoms with Crippen LogP contribution in [-0.2, 0) is 6.61 Å². The number of aliphatic hydroxyl groups excluding tert-OH is 1. The van der Waals surface area contributed by atoms with Crippen LogP contribution in [0.2, 0.25) is 5.15 Å². The van der Waals surface area contributed by atoms with Crippen molar-refractivity contribution in [3.63, 3.8) is 0 Å². The van der Waals surface area contributed by atoms with Crippen molar-refractivity contribution in [2.45, 2.75) is 6.61 Å². The van der Waals surface area contributed by atoms with Crippen LogP contribution in [0.4, 0.5) is 8.78 Å². The fraction of sp³-hybridized carbons (Fsp3) is 0.0833. The third-order valence-electron chi connectivity index (χ3n) is 2.39. The Hall–Kier alpha value is -1.52. The van der Waals surface area contributed by atoms with E-state index in [1.54, 1.807) is 0 Å². The van der Waals surface area contributed by atoms with Crippen LogP contribution in [0.15, 0.2) is 30.5 Å². The summed E-state index contributed by atoms with van der Waals surface area (Å²) in [4.78, 5) is 3.76. The molecule has 0 bridgehead atoms. The standard InChI is InChI=1S/C12H8ClF2NO/c13-12-8(6-17)7(4-5-16-12)11-9(14)2-1-3-10(11)15/h1-5,17H,6H2. The maximum absolute atomic E-state index is 13.6. The van der Waals surface area contributed by atoms with Gasteiger partial charge in [-0.05, 0) is 23.8 Å². The first-order chi connectivity index (χ1) is 8.15. The van der Waals surface area contributed by atoms with Gasteiger partial charge in [0.15, 0.2) is 0 Å². The van der Waals surface area contributed by atoms with Crippen LogP contribution < -0.4 is 0 Å². The molecule has 2 rings (SSSR count). The van der Waals surface area contributed by atoms with Gasteiger partial charge in [-0.15, -0.1) is 0 Å². The molecule has 0 aliphatic carbocycles. The summed E-state index contributed by atoms with van der Waals surface area (Å²) >= 11 is 5.77. The van der Waals surface area contributed by atoms with E-state index < -0.39 is 18.2 Å². The van der Waals surface area contributed by atoms with Gasteiger partial charge in [-0.1, -0.05) is 17.7 Å². The lowest BCUT2D eigenvalue weighted by molar-refractivity contribution is 0.282. The second-order valence-electron chi connectivity index (χ2n) is 3.38. The fourth-order valence-electron chi connectivity index (χ4n) is 1.61. The van der Waals surface area contributed by atoms with E-state index in [1.807, 2.05) is 0 Å². The van der Waals surface area contributed by atoms with Gasteiger partial charge in [0, 0.05) is 11.8 Å². The van der Waals surface area contributed by atoms with Crippen LogP contribution in [-0.4, -0.2) is 10.1 Å². The van der Waals surface area contributed by atoms with Crippen molar-refractivity contribution in [1.29, 1.82) is 0 Å². The maximum Gasteiger partial charge on any atom is 0.135 e. The SMILES string of the molecule is OCc1c(-c2c(F)cccc2F)ccnc1Cl. The summed E-state index contributed by atoms with van der Waals surface area (Å²) in [6.45, 7) is -0.435. The molecule has 0 spiro atoms. The van der Waals surface area contributed by atoms with Crippen molar-refractivity contribution >= 4 is 11.6 Å². The normalized spacial score (nSPS) is 10.6. The molecule has 1 N–H and O–H groups in total. The molecule has 0 amide bonds. The average Bonchev–Trinajstić information content (AvgIpc) is 2.29. The van der Waals surface area contributed by atoms with Gasteiger partial charge >= 0.3 is 0 Å². The minimum atomic E-state index is -0.707. The van der Waals surface area contributed by atoms with Crippen LogP contribution in [0.1, 0.15) is 5.56 Å². The molecule has 1 heterocycles. The summed E-state index contributed by atoms with van der Waals surface area (Å²) in [6, 6.07) is 4.98. The van der Waals surface area contributed by atoms with Crippen LogP contribution in [0.5, 0.6) is 0 Å². The van der Waals surface area contributed by atoms with Gasteiger partial charge in [0.1, 0.15) is 16.8 Å². The van der Waals surface area contributed by atoms with Gasteiger partial charge in [0.2, 0.25) is 0 Å². The molecule has 0 unspecified atom stereocenters. The van der Waals surface area contributed by atoms with Gasteiger partial charge in [0.25, 0.3) is 0 Å². The van der Waals surface area contributed by atoms with Crippen molar-refractivity contribution < 1.29 is 13.9 Å². The molecule has 17 heavy (non-hydrogen) atoms. The second kappa shape index (κ2) is 4.77. The predicted octanol–water partition coefficient (Wildman–Crippen LogP) is 3.17. The number of pyridine rings is 1. The average molecular weight is 256 g/mol. The number of nitrogens with zero attached hydrogens (tertiary/aromatic N) is 1. The number of hydrogen-bond donors (Lipinski definition) is 1. The maximum atomic E-state index is 13.6. The first-order valence-electron chi connectivity index (χ1n) is 4.83. The first-order valence-corrected chi connectivity index (χ1v) is 5.21. The highest BCUT2D eigenvalue weighted by Crippen LogP contribution is 2.31. The summed E-state index contributed by atoms with van der Waals surface area (Å²) in [7, 11) is 0. The first kappa shape index (κ1) is 12.0. The minimum absolute atomic E-state index is 0.0349. The molecule has 0 saturated carbocycles. The molecule has 0 fully saturated rings. The molecule has 0 radical (unpaired) electrons. The lowest BCUT2D eigenvalue weighted by atomic mass is 10.0. The highest BCUT2D eigenvalue weighted by atomic mass is 35.5. The van der Waals surface area contributed by atoms with E-state index in [2.05, 4.69) is 4.98 Å². The minimum Gasteiger partial charge on any atom is -0.392 e. The second-order valence-corrected chi connectivity index (χ2v) is 3.74. The van der Waals surface area contributed by atoms with E-state index in [4.69, 9.17) is 11.6 Å². The molecule has 1 aromatic heterocycles. The lowest BCUT2D eigenvalue weighted by Crippen LogP contribution is -1.97. The molecule has 0 saturated heterocycles. The molecule has 1 aromatic carbocycles. The van der Waals surface area contributed by atoms with Gasteiger partial charge < -0.3 is 5.11 Å². The zero-order valence-electron chi connectivity index (χ0n) is 8.62. The molecule has 0 atom stereocenters. The number of aliphatic hydroxyl groups is 1. The van der Waals surface area contributed by atoms with Crippen molar-refractivity contribution in [2.75, 3.05) is 0 Å². The third kappa shape index (κ3) is 2.14. The van der Waals surface area contributed by atoms with Gasteiger partial charge in [0.05, 0.1) is 12.2 Å². The quantitative estimate of drug-likeness (QED) is 0.836. The molecule has 2 nitrogen and oxygen atoms in total. The Labute approximate surface area is 102 Å². The van der Waals surface area contributed by atoms with Crippen LogP contribution in [0, 0.1) is 11.6 Å². The molecular weight excluding hydrogens is 248 g/mol. The Morgan fingerprint density at radius 3 is 2.41 bits per heavy atom. The highest BCUT2D eigenvalue weighted by molar-refractivity contribution is 6.30. The van der Waals surface area contributed by atoms with E-state index in [-0.39, 0.29) is 21.8 Å². The zero-order valence-corrected chi connectivity index (χ0v) is 9.38. The fourth-order valence-corrected chi connectivity index (χ4v) is 1.82. The van der Waals surface area contributed by atoms with Crippen molar-refractivity contribution in [3.05, 3.63) is 52.8 Å². The number of halogens is 3. The number of aromatic nitrogens is 1. The van der Waals surface area contributed by atoms with E-state index in [9.17, 15) is 13.9 Å². The van der Waals surface area contributed by atoms with E-state index in [0.717, 1.165) is 12.1 Å². The summed E-state index contributed by atoms with van der Waals surface area (Å²) < 4.78 is 27.2. The predicted molar refractivity (Wildman–Crippen MR) is 60.5 cm³/mol. The summed E-state index contributed by atoms with van der Waals surface area (Å²) in [5, 5.41) is 9.21. The lowest BCUT2D eigenvalue weighted by Gasteiger charge is -2.10. The van der Waals surface area contributed by atoms with Crippen molar-refractivity contribution in [3.8, 4) is 11.1 Å². The Bertz CT molecular complexity index is 540. The third-order valence-corrected chi connectivity index (χ3v) is 2.72. The van der Waals surface area contributed by atoms with Gasteiger partial charge in [-0.25, -0.2) is 13.8 Å². The molecule has 5 heteroatoms. The van der Waals surface area contributed by atoms with Gasteiger partial charge in [-0.3, -0.25) is 0 Å². The molecule has 0 aliphatic heterocycles. The van der Waals surface area contributed by atoms with Crippen LogP contribution >= 0.6 is 11.6 Å². The molecular formula is C12H8ClF2NO. The molecule has 2 aromatic rings. The summed E-state index contributed by atoms with van der Waals surface area (Å²) in [5.41, 5.74) is 0.210. The summed E-state index contributed by atoms with van der Waals surface area (Å²) in [6.07, 6.45) is 1.34. The molecule has 0 aliphatic rings. The zero-order chi connectivity index (χ0) is 12.4. The Morgan fingerprint density at radius 1 is 1.18 bits per heavy atom. The largest absolute Gasteiger partial charge is 0.392 e. The topological polar surface area (TPSA) is 33.1 Å². The Balaban J connectivity index is 2.73. The number of rotatable bonds is 2. The van der Waals surface area contributed by atoms with Crippen molar-refractivity contribution in [1.82, 2.24) is 4.98 Å². The number of benzene rings is 1. The van der Waals surface area contributed by atoms with E-state index in [0.29, 0.717) is 0 Å². The van der Waals surface area contributed by atoms with Crippen LogP contribution in [0.25, 0.3) is 11.1 Å². The van der Waals surface area contributed by atoms with E-state index in [1.165, 1.54) is 18.3 Å². The van der Waals surface area contributed by atoms with Gasteiger partial charge in [-0.2, -0.15) is 0 Å². The Morgan fingerprint density at radius 2 is 1.82 bits per heavy atom. The monoisotopic (exact) mass is 255 g/mol. The molecule has 88 valence electrons. The highest BCUT2D eigenvalue weighted by Gasteiger charge is 2.16. The van der Waals surface area contributed by atoms with Crippen LogP contribution in [0.3, 0.4) is 0 Å². The smallest absolute Gasteiger partial charge is 0.135 e. The summed E-state index contributed by atoms with van der Waals surface area (Å²) in [5.74, 6) is -1.41. The number of hydrogen-bond acceptors (Lipinski definition) is 2. The van der Waals surface area contributed by atoms with Crippen molar-refractivity contribution in [2.24, 2.45) is 0 Å². The van der Waals surface area contributed by atoms with E-state index >= 15 is 0 Å².